The van der Waals surface area contributed by atoms with Gasteiger partial charge in [0, 0.05) is 4.90 Å². The average Bonchev–Trinajstić information content (AvgIpc) is 2.49. The Hall–Kier alpha value is -2.19. The molecule has 0 radical (unpaired) electrons. The quantitative estimate of drug-likeness (QED) is 0.824. The van der Waals surface area contributed by atoms with Crippen molar-refractivity contribution in [1.29, 1.82) is 5.26 Å². The maximum Gasteiger partial charge on any atom is 0.124 e. The molecule has 0 amide bonds. The third kappa shape index (κ3) is 4.69. The molecule has 2 aromatic rings. The average molecular weight is 303 g/mol. The van der Waals surface area contributed by atoms with E-state index in [0.717, 1.165) is 5.56 Å². The highest BCUT2D eigenvalue weighted by atomic mass is 32.2. The second-order valence-electron chi connectivity index (χ2n) is 4.33. The molecular formula is C16H14FNO2S. The molecule has 108 valence electrons. The molecule has 3 nitrogen and oxygen atoms in total. The minimum atomic E-state index is -1.28. The Morgan fingerprint density at radius 3 is 2.62 bits per heavy atom. The van der Waals surface area contributed by atoms with Crippen LogP contribution in [0.15, 0.2) is 53.4 Å². The molecule has 0 aliphatic heterocycles. The van der Waals surface area contributed by atoms with Crippen molar-refractivity contribution < 1.29 is 13.3 Å². The lowest BCUT2D eigenvalue weighted by molar-refractivity contribution is 0.342. The highest BCUT2D eigenvalue weighted by Gasteiger charge is 2.05. The van der Waals surface area contributed by atoms with Crippen LogP contribution in [0.2, 0.25) is 0 Å². The zero-order valence-electron chi connectivity index (χ0n) is 11.3. The first-order valence-electron chi connectivity index (χ1n) is 6.41. The van der Waals surface area contributed by atoms with Gasteiger partial charge in [0.2, 0.25) is 0 Å². The largest absolute Gasteiger partial charge is 0.493 e. The van der Waals surface area contributed by atoms with Crippen LogP contribution in [-0.4, -0.2) is 16.6 Å². The van der Waals surface area contributed by atoms with Crippen molar-refractivity contribution >= 4 is 10.8 Å². The van der Waals surface area contributed by atoms with Crippen LogP contribution in [0, 0.1) is 17.1 Å². The number of hydrogen-bond donors (Lipinski definition) is 0. The number of ether oxygens (including phenoxy) is 1. The van der Waals surface area contributed by atoms with E-state index in [2.05, 4.69) is 6.07 Å². The van der Waals surface area contributed by atoms with Gasteiger partial charge in [0.25, 0.3) is 0 Å². The molecule has 0 aromatic heterocycles. The van der Waals surface area contributed by atoms with Crippen LogP contribution in [0.1, 0.15) is 5.56 Å². The second kappa shape index (κ2) is 7.55. The van der Waals surface area contributed by atoms with E-state index >= 15 is 0 Å². The smallest absolute Gasteiger partial charge is 0.124 e. The van der Waals surface area contributed by atoms with Gasteiger partial charge in [0.15, 0.2) is 0 Å². The number of nitriles is 1. The van der Waals surface area contributed by atoms with Crippen molar-refractivity contribution in [3.05, 3.63) is 59.9 Å². The number of benzene rings is 2. The highest BCUT2D eigenvalue weighted by Crippen LogP contribution is 2.13. The molecule has 0 heterocycles. The Balaban J connectivity index is 1.84. The Morgan fingerprint density at radius 2 is 1.95 bits per heavy atom. The summed E-state index contributed by atoms with van der Waals surface area (Å²) < 4.78 is 30.5. The molecule has 0 bridgehead atoms. The molecule has 0 aliphatic carbocycles. The monoisotopic (exact) mass is 303 g/mol. The maximum absolute atomic E-state index is 13.0. The van der Waals surface area contributed by atoms with Crippen molar-refractivity contribution in [1.82, 2.24) is 0 Å². The molecule has 0 fully saturated rings. The number of hydrogen-bond acceptors (Lipinski definition) is 3. The SMILES string of the molecule is N#CCc1ccc(OCCS(=O)c2cccc(F)c2)cc1. The van der Waals surface area contributed by atoms with Gasteiger partial charge in [-0.1, -0.05) is 18.2 Å². The van der Waals surface area contributed by atoms with E-state index in [9.17, 15) is 8.60 Å². The Bertz CT molecular complexity index is 665. The topological polar surface area (TPSA) is 50.1 Å². The molecule has 1 atom stereocenters. The molecule has 1 unspecified atom stereocenters. The summed E-state index contributed by atoms with van der Waals surface area (Å²) >= 11 is 0. The molecule has 0 N–H and O–H groups in total. The number of halogens is 1. The van der Waals surface area contributed by atoms with E-state index < -0.39 is 16.6 Å². The normalized spacial score (nSPS) is 11.6. The molecule has 21 heavy (non-hydrogen) atoms. The van der Waals surface area contributed by atoms with E-state index in [1.54, 1.807) is 18.2 Å². The first-order valence-corrected chi connectivity index (χ1v) is 7.73. The summed E-state index contributed by atoms with van der Waals surface area (Å²) in [4.78, 5) is 0.461. The summed E-state index contributed by atoms with van der Waals surface area (Å²) in [7, 11) is -1.28. The van der Waals surface area contributed by atoms with Crippen LogP contribution in [-0.2, 0) is 17.2 Å². The number of nitrogens with zero attached hydrogens (tertiary/aromatic N) is 1. The summed E-state index contributed by atoms with van der Waals surface area (Å²) in [6.07, 6.45) is 0.365. The van der Waals surface area contributed by atoms with Crippen LogP contribution >= 0.6 is 0 Å². The summed E-state index contributed by atoms with van der Waals surface area (Å²) in [5.74, 6) is 0.562. The molecule has 0 saturated heterocycles. The Kier molecular flexibility index (Phi) is 5.47. The molecule has 2 rings (SSSR count). The number of rotatable bonds is 6. The minimum absolute atomic E-state index is 0.278. The maximum atomic E-state index is 13.0. The molecule has 5 heteroatoms. The molecule has 0 spiro atoms. The summed E-state index contributed by atoms with van der Waals surface area (Å²) in [6.45, 7) is 0.278. The van der Waals surface area contributed by atoms with Gasteiger partial charge in [-0.2, -0.15) is 5.26 Å². The van der Waals surface area contributed by atoms with Crippen molar-refractivity contribution in [2.24, 2.45) is 0 Å². The first kappa shape index (κ1) is 15.2. The third-order valence-electron chi connectivity index (χ3n) is 2.80. The highest BCUT2D eigenvalue weighted by molar-refractivity contribution is 7.85. The van der Waals surface area contributed by atoms with E-state index in [1.807, 2.05) is 12.1 Å². The summed E-state index contributed by atoms with van der Waals surface area (Å²) in [5.41, 5.74) is 0.924. The first-order chi connectivity index (χ1) is 10.2. The van der Waals surface area contributed by atoms with Crippen LogP contribution in [0.5, 0.6) is 5.75 Å². The minimum Gasteiger partial charge on any atom is -0.493 e. The third-order valence-corrected chi connectivity index (χ3v) is 4.12. The van der Waals surface area contributed by atoms with Crippen LogP contribution < -0.4 is 4.74 Å². The zero-order chi connectivity index (χ0) is 15.1. The molecule has 0 aliphatic rings. The lowest BCUT2D eigenvalue weighted by Crippen LogP contribution is -2.08. The van der Waals surface area contributed by atoms with E-state index in [0.29, 0.717) is 22.8 Å². The predicted octanol–water partition coefficient (Wildman–Crippen LogP) is 3.08. The predicted molar refractivity (Wildman–Crippen MR) is 78.9 cm³/mol. The van der Waals surface area contributed by atoms with Crippen molar-refractivity contribution in [3.8, 4) is 11.8 Å². The lowest BCUT2D eigenvalue weighted by atomic mass is 10.2. The van der Waals surface area contributed by atoms with Gasteiger partial charge in [0.05, 0.1) is 29.0 Å². The van der Waals surface area contributed by atoms with Crippen LogP contribution in [0.25, 0.3) is 0 Å². The summed E-state index contributed by atoms with van der Waals surface area (Å²) in [5, 5.41) is 8.58. The Labute approximate surface area is 125 Å². The zero-order valence-corrected chi connectivity index (χ0v) is 12.1. The van der Waals surface area contributed by atoms with Gasteiger partial charge in [0.1, 0.15) is 18.2 Å². The van der Waals surface area contributed by atoms with Gasteiger partial charge in [-0.15, -0.1) is 0 Å². The van der Waals surface area contributed by atoms with Crippen LogP contribution in [0.3, 0.4) is 0 Å². The van der Waals surface area contributed by atoms with Gasteiger partial charge >= 0.3 is 0 Å². The fourth-order valence-electron chi connectivity index (χ4n) is 1.76. The Morgan fingerprint density at radius 1 is 1.19 bits per heavy atom. The fourth-order valence-corrected chi connectivity index (χ4v) is 2.70. The van der Waals surface area contributed by atoms with Crippen molar-refractivity contribution in [2.75, 3.05) is 12.4 Å². The second-order valence-corrected chi connectivity index (χ2v) is 5.91. The molecule has 0 saturated carbocycles. The van der Waals surface area contributed by atoms with Gasteiger partial charge < -0.3 is 4.74 Å². The van der Waals surface area contributed by atoms with E-state index in [1.165, 1.54) is 18.2 Å². The standard InChI is InChI=1S/C16H14FNO2S/c17-14-2-1-3-16(12-14)21(19)11-10-20-15-6-4-13(5-7-15)8-9-18/h1-7,12H,8,10-11H2. The van der Waals surface area contributed by atoms with E-state index in [4.69, 9.17) is 10.00 Å². The van der Waals surface area contributed by atoms with Gasteiger partial charge in [-0.05, 0) is 35.9 Å². The molecule has 2 aromatic carbocycles. The van der Waals surface area contributed by atoms with Gasteiger partial charge in [-0.3, -0.25) is 4.21 Å². The van der Waals surface area contributed by atoms with Crippen molar-refractivity contribution in [2.45, 2.75) is 11.3 Å². The fraction of sp³-hybridized carbons (Fsp3) is 0.188. The lowest BCUT2D eigenvalue weighted by Gasteiger charge is -2.07. The van der Waals surface area contributed by atoms with Crippen LogP contribution in [0.4, 0.5) is 4.39 Å². The van der Waals surface area contributed by atoms with Crippen molar-refractivity contribution in [3.63, 3.8) is 0 Å². The van der Waals surface area contributed by atoms with Gasteiger partial charge in [-0.25, -0.2) is 4.39 Å². The van der Waals surface area contributed by atoms with E-state index in [-0.39, 0.29) is 6.61 Å². The molecular weight excluding hydrogens is 289 g/mol. The summed E-state index contributed by atoms with van der Waals surface area (Å²) in [6, 6.07) is 15.0.